The van der Waals surface area contributed by atoms with Crippen molar-refractivity contribution in [1.82, 2.24) is 15.2 Å². The molecule has 0 fully saturated rings. The van der Waals surface area contributed by atoms with Crippen molar-refractivity contribution in [2.45, 2.75) is 29.4 Å². The largest absolute Gasteiger partial charge is 0.334 e. The molecule has 2 heterocycles. The Morgan fingerprint density at radius 3 is 2.38 bits per heavy atom. The number of aromatic nitrogens is 1. The molecule has 5 nitrogen and oxygen atoms in total. The average molecular weight is 413 g/mol. The number of pyridine rings is 1. The molecule has 148 valence electrons. The van der Waals surface area contributed by atoms with Crippen LogP contribution in [0.5, 0.6) is 0 Å². The molecule has 0 radical (unpaired) electrons. The number of hydrogen-bond donors (Lipinski definition) is 1. The SMILES string of the molecule is O=C(NCc1ccc(S(=O)c2cc(F)cc(F)c2)cc1)N1Cc2ccncc2C1. The van der Waals surface area contributed by atoms with Crippen LogP contribution in [-0.4, -0.2) is 20.1 Å². The lowest BCUT2D eigenvalue weighted by atomic mass is 10.2. The van der Waals surface area contributed by atoms with Gasteiger partial charge in [0.15, 0.2) is 0 Å². The van der Waals surface area contributed by atoms with Crippen molar-refractivity contribution in [1.29, 1.82) is 0 Å². The molecule has 1 atom stereocenters. The van der Waals surface area contributed by atoms with Crippen molar-refractivity contribution in [2.75, 3.05) is 0 Å². The molecule has 1 N–H and O–H groups in total. The molecule has 2 amide bonds. The van der Waals surface area contributed by atoms with Crippen LogP contribution in [0.25, 0.3) is 0 Å². The van der Waals surface area contributed by atoms with E-state index >= 15 is 0 Å². The van der Waals surface area contributed by atoms with Gasteiger partial charge in [-0.15, -0.1) is 0 Å². The Labute approximate surface area is 168 Å². The zero-order valence-corrected chi connectivity index (χ0v) is 16.1. The Morgan fingerprint density at radius 2 is 1.69 bits per heavy atom. The Hall–Kier alpha value is -3.13. The highest BCUT2D eigenvalue weighted by Crippen LogP contribution is 2.22. The third-order valence-corrected chi connectivity index (χ3v) is 6.01. The fraction of sp³-hybridized carbons (Fsp3) is 0.143. The van der Waals surface area contributed by atoms with Crippen LogP contribution in [0.4, 0.5) is 13.6 Å². The summed E-state index contributed by atoms with van der Waals surface area (Å²) in [4.78, 5) is 18.6. The van der Waals surface area contributed by atoms with Crippen molar-refractivity contribution in [2.24, 2.45) is 0 Å². The number of urea groups is 1. The number of hydrogen-bond acceptors (Lipinski definition) is 3. The Morgan fingerprint density at radius 1 is 1.00 bits per heavy atom. The van der Waals surface area contributed by atoms with Gasteiger partial charge in [-0.1, -0.05) is 12.1 Å². The maximum atomic E-state index is 13.3. The van der Waals surface area contributed by atoms with Gasteiger partial charge in [0.2, 0.25) is 0 Å². The van der Waals surface area contributed by atoms with Gasteiger partial charge in [0.25, 0.3) is 0 Å². The number of nitrogens with one attached hydrogen (secondary N) is 1. The third-order valence-electron chi connectivity index (χ3n) is 4.65. The predicted molar refractivity (Wildman–Crippen MR) is 103 cm³/mol. The molecule has 1 aromatic heterocycles. The number of rotatable bonds is 4. The van der Waals surface area contributed by atoms with Gasteiger partial charge in [-0.3, -0.25) is 4.98 Å². The molecule has 0 saturated carbocycles. The minimum Gasteiger partial charge on any atom is -0.334 e. The van der Waals surface area contributed by atoms with Gasteiger partial charge in [0.1, 0.15) is 11.6 Å². The second kappa shape index (κ2) is 8.08. The lowest BCUT2D eigenvalue weighted by molar-refractivity contribution is 0.198. The number of carbonyl (C=O) groups excluding carboxylic acids is 1. The number of amides is 2. The standard InChI is InChI=1S/C21H17F2N3O2S/c22-17-7-18(23)9-20(8-17)29(28)19-3-1-14(2-4-19)10-25-21(27)26-12-15-5-6-24-11-16(15)13-26/h1-9,11H,10,12-13H2,(H,25,27). The molecule has 1 aliphatic rings. The Bertz CT molecular complexity index is 1040. The van der Waals surface area contributed by atoms with Gasteiger partial charge in [0.05, 0.1) is 10.8 Å². The first-order chi connectivity index (χ1) is 14.0. The van der Waals surface area contributed by atoms with E-state index in [0.717, 1.165) is 34.9 Å². The van der Waals surface area contributed by atoms with Crippen LogP contribution < -0.4 is 5.32 Å². The second-order valence-electron chi connectivity index (χ2n) is 6.68. The molecule has 0 bridgehead atoms. The van der Waals surface area contributed by atoms with Gasteiger partial charge in [-0.25, -0.2) is 17.8 Å². The van der Waals surface area contributed by atoms with Gasteiger partial charge in [-0.05, 0) is 47.0 Å². The molecule has 1 unspecified atom stereocenters. The molecule has 0 spiro atoms. The zero-order chi connectivity index (χ0) is 20.4. The summed E-state index contributed by atoms with van der Waals surface area (Å²) in [6.07, 6.45) is 3.48. The van der Waals surface area contributed by atoms with Crippen molar-refractivity contribution < 1.29 is 17.8 Å². The Balaban J connectivity index is 1.36. The minimum absolute atomic E-state index is 0.0617. The summed E-state index contributed by atoms with van der Waals surface area (Å²) in [5, 5.41) is 2.86. The summed E-state index contributed by atoms with van der Waals surface area (Å²) in [6.45, 7) is 1.38. The summed E-state index contributed by atoms with van der Waals surface area (Å²) < 4.78 is 39.2. The molecule has 0 aliphatic carbocycles. The lowest BCUT2D eigenvalue weighted by Gasteiger charge is -2.16. The number of nitrogens with zero attached hydrogens (tertiary/aromatic N) is 2. The van der Waals surface area contributed by atoms with E-state index in [1.807, 2.05) is 6.07 Å². The average Bonchev–Trinajstić information content (AvgIpc) is 3.15. The van der Waals surface area contributed by atoms with Gasteiger partial charge in [0, 0.05) is 47.9 Å². The zero-order valence-electron chi connectivity index (χ0n) is 15.3. The summed E-state index contributed by atoms with van der Waals surface area (Å²) in [7, 11) is -1.69. The van der Waals surface area contributed by atoms with Crippen LogP contribution in [0.1, 0.15) is 16.7 Å². The van der Waals surface area contributed by atoms with Crippen molar-refractivity contribution in [3.63, 3.8) is 0 Å². The molecule has 0 saturated heterocycles. The van der Waals surface area contributed by atoms with E-state index in [1.165, 1.54) is 0 Å². The van der Waals surface area contributed by atoms with Crippen LogP contribution in [0.15, 0.2) is 70.7 Å². The molecule has 29 heavy (non-hydrogen) atoms. The first-order valence-electron chi connectivity index (χ1n) is 8.91. The maximum absolute atomic E-state index is 13.3. The molecule has 3 aromatic rings. The fourth-order valence-electron chi connectivity index (χ4n) is 3.16. The molecule has 2 aromatic carbocycles. The van der Waals surface area contributed by atoms with E-state index in [0.29, 0.717) is 24.5 Å². The molecule has 8 heteroatoms. The van der Waals surface area contributed by atoms with Crippen molar-refractivity contribution in [3.05, 3.63) is 89.2 Å². The van der Waals surface area contributed by atoms with Gasteiger partial charge < -0.3 is 10.2 Å². The highest BCUT2D eigenvalue weighted by Gasteiger charge is 2.22. The van der Waals surface area contributed by atoms with E-state index in [2.05, 4.69) is 10.3 Å². The van der Waals surface area contributed by atoms with Crippen LogP contribution in [-0.2, 0) is 30.4 Å². The molecular weight excluding hydrogens is 396 g/mol. The summed E-state index contributed by atoms with van der Waals surface area (Å²) >= 11 is 0. The number of carbonyl (C=O) groups is 1. The predicted octanol–water partition coefficient (Wildman–Crippen LogP) is 3.75. The number of benzene rings is 2. The normalized spacial score (nSPS) is 13.8. The topological polar surface area (TPSA) is 62.3 Å². The first kappa shape index (κ1) is 19.2. The number of halogens is 2. The number of fused-ring (bicyclic) bond motifs is 1. The van der Waals surface area contributed by atoms with E-state index in [4.69, 9.17) is 0 Å². The third kappa shape index (κ3) is 4.32. The summed E-state index contributed by atoms with van der Waals surface area (Å²) in [5.41, 5.74) is 2.96. The van der Waals surface area contributed by atoms with E-state index in [9.17, 15) is 17.8 Å². The smallest absolute Gasteiger partial charge is 0.318 e. The van der Waals surface area contributed by atoms with E-state index in [-0.39, 0.29) is 10.9 Å². The van der Waals surface area contributed by atoms with Crippen LogP contribution in [0, 0.1) is 11.6 Å². The Kier molecular flexibility index (Phi) is 5.35. The lowest BCUT2D eigenvalue weighted by Crippen LogP contribution is -2.35. The van der Waals surface area contributed by atoms with Gasteiger partial charge in [-0.2, -0.15) is 0 Å². The van der Waals surface area contributed by atoms with Crippen molar-refractivity contribution in [3.8, 4) is 0 Å². The molecular formula is C21H17F2N3O2S. The minimum atomic E-state index is -1.69. The monoisotopic (exact) mass is 413 g/mol. The fourth-order valence-corrected chi connectivity index (χ4v) is 4.25. The van der Waals surface area contributed by atoms with Crippen molar-refractivity contribution >= 4 is 16.8 Å². The first-order valence-corrected chi connectivity index (χ1v) is 10.1. The second-order valence-corrected chi connectivity index (χ2v) is 8.16. The van der Waals surface area contributed by atoms with E-state index < -0.39 is 22.4 Å². The summed E-state index contributed by atoms with van der Waals surface area (Å²) in [6, 6.07) is 11.3. The van der Waals surface area contributed by atoms with E-state index in [1.54, 1.807) is 41.6 Å². The quantitative estimate of drug-likeness (QED) is 0.709. The molecule has 1 aliphatic heterocycles. The summed E-state index contributed by atoms with van der Waals surface area (Å²) in [5.74, 6) is -1.54. The highest BCUT2D eigenvalue weighted by molar-refractivity contribution is 7.85. The van der Waals surface area contributed by atoms with Crippen LogP contribution >= 0.6 is 0 Å². The van der Waals surface area contributed by atoms with Gasteiger partial charge >= 0.3 is 6.03 Å². The van der Waals surface area contributed by atoms with Crippen LogP contribution in [0.2, 0.25) is 0 Å². The molecule has 4 rings (SSSR count). The maximum Gasteiger partial charge on any atom is 0.318 e. The van der Waals surface area contributed by atoms with Crippen LogP contribution in [0.3, 0.4) is 0 Å². The highest BCUT2D eigenvalue weighted by atomic mass is 32.2.